The largest absolute Gasteiger partial charge is 0.324 e. The molecule has 7 nitrogen and oxygen atoms in total. The predicted molar refractivity (Wildman–Crippen MR) is 128 cm³/mol. The SMILES string of the molecule is CCn1c2ccccc2c2nnc(SCC(=O)N(CCC#N)c3ccc(C)c(C)c3)nc21. The predicted octanol–water partition coefficient (Wildman–Crippen LogP) is 4.66. The Bertz CT molecular complexity index is 1340. The molecule has 0 N–H and O–H groups in total. The number of para-hydroxylation sites is 1. The van der Waals surface area contributed by atoms with Gasteiger partial charge in [0.1, 0.15) is 5.52 Å². The summed E-state index contributed by atoms with van der Waals surface area (Å²) in [5.41, 5.74) is 5.68. The zero-order chi connectivity index (χ0) is 22.7. The number of aryl methyl sites for hydroxylation is 3. The van der Waals surface area contributed by atoms with Crippen LogP contribution in [0.3, 0.4) is 0 Å². The van der Waals surface area contributed by atoms with Gasteiger partial charge in [0.25, 0.3) is 0 Å². The number of aromatic nitrogens is 4. The van der Waals surface area contributed by atoms with E-state index in [4.69, 9.17) is 10.2 Å². The molecule has 0 radical (unpaired) electrons. The average molecular weight is 445 g/mol. The molecule has 0 aliphatic rings. The maximum Gasteiger partial charge on any atom is 0.237 e. The monoisotopic (exact) mass is 444 g/mol. The number of carbonyl (C=O) groups excluding carboxylic acids is 1. The molecule has 32 heavy (non-hydrogen) atoms. The molecule has 0 aliphatic heterocycles. The fourth-order valence-electron chi connectivity index (χ4n) is 3.73. The smallest absolute Gasteiger partial charge is 0.237 e. The third-order valence-corrected chi connectivity index (χ3v) is 6.37. The van der Waals surface area contributed by atoms with Gasteiger partial charge in [-0.1, -0.05) is 36.0 Å². The molecule has 162 valence electrons. The van der Waals surface area contributed by atoms with Crippen LogP contribution in [0.5, 0.6) is 0 Å². The Balaban J connectivity index is 1.58. The Labute approximate surface area is 191 Å². The Hall–Kier alpha value is -3.44. The van der Waals surface area contributed by atoms with Crippen LogP contribution in [-0.4, -0.2) is 38.0 Å². The van der Waals surface area contributed by atoms with Crippen LogP contribution in [0.25, 0.3) is 22.1 Å². The standard InChI is InChI=1S/C24H24N6OS/c1-4-29-20-9-6-5-8-19(20)22-23(29)26-24(28-27-22)32-15-21(31)30(13-7-12-25)18-11-10-16(2)17(3)14-18/h5-6,8-11,14H,4,7,13,15H2,1-3H3. The first-order valence-corrected chi connectivity index (χ1v) is 11.5. The average Bonchev–Trinajstić information content (AvgIpc) is 3.13. The molecule has 1 amide bonds. The molecule has 0 fully saturated rings. The van der Waals surface area contributed by atoms with Gasteiger partial charge < -0.3 is 9.47 Å². The van der Waals surface area contributed by atoms with Crippen LogP contribution in [0, 0.1) is 25.2 Å². The van der Waals surface area contributed by atoms with E-state index in [0.29, 0.717) is 11.7 Å². The van der Waals surface area contributed by atoms with E-state index in [2.05, 4.69) is 33.8 Å². The molecular weight excluding hydrogens is 420 g/mol. The van der Waals surface area contributed by atoms with Gasteiger partial charge in [-0.3, -0.25) is 4.79 Å². The molecule has 0 bridgehead atoms. The lowest BCUT2D eigenvalue weighted by Gasteiger charge is -2.22. The molecule has 2 aromatic heterocycles. The van der Waals surface area contributed by atoms with Crippen molar-refractivity contribution >= 4 is 45.4 Å². The minimum atomic E-state index is -0.0896. The third kappa shape index (κ3) is 4.16. The second-order valence-corrected chi connectivity index (χ2v) is 8.48. The summed E-state index contributed by atoms with van der Waals surface area (Å²) in [4.78, 5) is 19.4. The molecule has 0 saturated carbocycles. The first kappa shape index (κ1) is 21.8. The van der Waals surface area contributed by atoms with Gasteiger partial charge in [-0.2, -0.15) is 5.26 Å². The summed E-state index contributed by atoms with van der Waals surface area (Å²) < 4.78 is 2.11. The second-order valence-electron chi connectivity index (χ2n) is 7.54. The highest BCUT2D eigenvalue weighted by molar-refractivity contribution is 7.99. The van der Waals surface area contributed by atoms with Gasteiger partial charge in [0.05, 0.1) is 23.8 Å². The summed E-state index contributed by atoms with van der Waals surface area (Å²) in [5, 5.41) is 19.2. The number of fused-ring (bicyclic) bond motifs is 3. The normalized spacial score (nSPS) is 11.1. The van der Waals surface area contributed by atoms with Crippen LogP contribution in [-0.2, 0) is 11.3 Å². The summed E-state index contributed by atoms with van der Waals surface area (Å²) in [6.45, 7) is 7.23. The Morgan fingerprint density at radius 1 is 1.16 bits per heavy atom. The molecule has 4 rings (SSSR count). The number of nitriles is 1. The summed E-state index contributed by atoms with van der Waals surface area (Å²) in [6.07, 6.45) is 0.268. The highest BCUT2D eigenvalue weighted by atomic mass is 32.2. The second kappa shape index (κ2) is 9.37. The van der Waals surface area contributed by atoms with Crippen LogP contribution in [0.1, 0.15) is 24.5 Å². The molecule has 0 aliphatic carbocycles. The van der Waals surface area contributed by atoms with Crippen LogP contribution >= 0.6 is 11.8 Å². The number of nitrogens with zero attached hydrogens (tertiary/aromatic N) is 6. The van der Waals surface area contributed by atoms with Gasteiger partial charge >= 0.3 is 0 Å². The van der Waals surface area contributed by atoms with Crippen LogP contribution < -0.4 is 4.90 Å². The van der Waals surface area contributed by atoms with E-state index < -0.39 is 0 Å². The molecule has 0 unspecified atom stereocenters. The van der Waals surface area contributed by atoms with Crippen molar-refractivity contribution in [2.45, 2.75) is 38.9 Å². The van der Waals surface area contributed by atoms with Gasteiger partial charge in [0.15, 0.2) is 5.65 Å². The molecule has 4 aromatic rings. The number of carbonyl (C=O) groups is 1. The van der Waals surface area contributed by atoms with Gasteiger partial charge in [-0.05, 0) is 50.1 Å². The molecular formula is C24H24N6OS. The van der Waals surface area contributed by atoms with Crippen molar-refractivity contribution in [2.75, 3.05) is 17.2 Å². The Kier molecular flexibility index (Phi) is 6.37. The first-order chi connectivity index (χ1) is 15.5. The summed E-state index contributed by atoms with van der Waals surface area (Å²) in [7, 11) is 0. The van der Waals surface area contributed by atoms with Crippen molar-refractivity contribution in [1.29, 1.82) is 5.26 Å². The van der Waals surface area contributed by atoms with Gasteiger partial charge in [-0.15, -0.1) is 10.2 Å². The molecule has 0 saturated heterocycles. The zero-order valence-corrected chi connectivity index (χ0v) is 19.2. The number of hydrogen-bond acceptors (Lipinski definition) is 6. The van der Waals surface area contributed by atoms with Crippen LogP contribution in [0.2, 0.25) is 0 Å². The van der Waals surface area contributed by atoms with Gasteiger partial charge in [-0.25, -0.2) is 4.98 Å². The minimum Gasteiger partial charge on any atom is -0.324 e. The quantitative estimate of drug-likeness (QED) is 0.385. The summed E-state index contributed by atoms with van der Waals surface area (Å²) in [5.74, 6) is 0.0750. The minimum absolute atomic E-state index is 0.0896. The highest BCUT2D eigenvalue weighted by Gasteiger charge is 2.19. The number of hydrogen-bond donors (Lipinski definition) is 0. The summed E-state index contributed by atoms with van der Waals surface area (Å²) >= 11 is 1.26. The van der Waals surface area contributed by atoms with E-state index in [9.17, 15) is 4.79 Å². The fraction of sp³-hybridized carbons (Fsp3) is 0.292. The molecule has 2 heterocycles. The van der Waals surface area contributed by atoms with E-state index in [1.54, 1.807) is 4.90 Å². The van der Waals surface area contributed by atoms with Crippen molar-refractivity contribution in [3.63, 3.8) is 0 Å². The Morgan fingerprint density at radius 2 is 1.97 bits per heavy atom. The lowest BCUT2D eigenvalue weighted by molar-refractivity contribution is -0.116. The maximum absolute atomic E-state index is 13.1. The topological polar surface area (TPSA) is 87.7 Å². The van der Waals surface area contributed by atoms with Crippen LogP contribution in [0.4, 0.5) is 5.69 Å². The first-order valence-electron chi connectivity index (χ1n) is 10.5. The zero-order valence-electron chi connectivity index (χ0n) is 18.4. The molecule has 2 aromatic carbocycles. The van der Waals surface area contributed by atoms with E-state index >= 15 is 0 Å². The Morgan fingerprint density at radius 3 is 2.72 bits per heavy atom. The third-order valence-electron chi connectivity index (χ3n) is 5.55. The summed E-state index contributed by atoms with van der Waals surface area (Å²) in [6, 6.07) is 16.1. The van der Waals surface area contributed by atoms with E-state index in [1.165, 1.54) is 11.8 Å². The van der Waals surface area contributed by atoms with Crippen molar-refractivity contribution in [1.82, 2.24) is 19.7 Å². The number of amides is 1. The van der Waals surface area contributed by atoms with Crippen molar-refractivity contribution in [3.05, 3.63) is 53.6 Å². The number of anilines is 1. The van der Waals surface area contributed by atoms with Crippen molar-refractivity contribution in [3.8, 4) is 6.07 Å². The number of thioether (sulfide) groups is 1. The van der Waals surface area contributed by atoms with Crippen molar-refractivity contribution in [2.24, 2.45) is 0 Å². The molecule has 0 spiro atoms. The van der Waals surface area contributed by atoms with E-state index in [1.807, 2.05) is 50.2 Å². The van der Waals surface area contributed by atoms with Gasteiger partial charge in [0, 0.05) is 24.2 Å². The highest BCUT2D eigenvalue weighted by Crippen LogP contribution is 2.27. The lowest BCUT2D eigenvalue weighted by atomic mass is 10.1. The van der Waals surface area contributed by atoms with Crippen molar-refractivity contribution < 1.29 is 4.79 Å². The van der Waals surface area contributed by atoms with Gasteiger partial charge in [0.2, 0.25) is 11.1 Å². The van der Waals surface area contributed by atoms with E-state index in [0.717, 1.165) is 45.4 Å². The maximum atomic E-state index is 13.1. The molecule has 8 heteroatoms. The van der Waals surface area contributed by atoms with E-state index in [-0.39, 0.29) is 18.1 Å². The van der Waals surface area contributed by atoms with Crippen LogP contribution in [0.15, 0.2) is 47.6 Å². The fourth-order valence-corrected chi connectivity index (χ4v) is 4.39. The molecule has 0 atom stereocenters. The number of benzene rings is 2. The lowest BCUT2D eigenvalue weighted by Crippen LogP contribution is -2.33. The number of rotatable bonds is 7.